The van der Waals surface area contributed by atoms with Crippen molar-refractivity contribution in [3.63, 3.8) is 0 Å². The maximum absolute atomic E-state index is 12.7. The summed E-state index contributed by atoms with van der Waals surface area (Å²) in [6, 6.07) is 8.89. The van der Waals surface area contributed by atoms with E-state index < -0.39 is 12.2 Å². The summed E-state index contributed by atoms with van der Waals surface area (Å²) in [6.07, 6.45) is 8.54. The number of ether oxygens (including phenoxy) is 1. The molecular formula is C25H28Cl2N4O4. The summed E-state index contributed by atoms with van der Waals surface area (Å²) in [5, 5.41) is 4.37. The minimum absolute atomic E-state index is 0.0149. The molecular weight excluding hydrogens is 491 g/mol. The van der Waals surface area contributed by atoms with Gasteiger partial charge in [0.1, 0.15) is 5.82 Å². The number of anilines is 1. The summed E-state index contributed by atoms with van der Waals surface area (Å²) < 4.78 is 5.40. The second-order valence-corrected chi connectivity index (χ2v) is 9.38. The van der Waals surface area contributed by atoms with E-state index in [1.54, 1.807) is 42.6 Å². The number of halogens is 2. The normalized spacial score (nSPS) is 19.0. The van der Waals surface area contributed by atoms with Gasteiger partial charge in [-0.15, -0.1) is 0 Å². The van der Waals surface area contributed by atoms with Crippen LogP contribution < -0.4 is 10.8 Å². The molecule has 2 N–H and O–H groups in total. The van der Waals surface area contributed by atoms with Crippen LogP contribution in [0.15, 0.2) is 42.6 Å². The molecule has 4 rings (SSSR count). The Kier molecular flexibility index (Phi) is 8.98. The molecule has 0 radical (unpaired) electrons. The van der Waals surface area contributed by atoms with E-state index in [1.807, 2.05) is 4.90 Å². The van der Waals surface area contributed by atoms with Crippen molar-refractivity contribution < 1.29 is 19.2 Å². The van der Waals surface area contributed by atoms with Crippen molar-refractivity contribution in [1.29, 1.82) is 0 Å². The maximum Gasteiger partial charge on any atom is 0.267 e. The molecule has 35 heavy (non-hydrogen) atoms. The third-order valence-electron chi connectivity index (χ3n) is 5.91. The highest BCUT2D eigenvalue weighted by Gasteiger charge is 2.24. The van der Waals surface area contributed by atoms with Crippen molar-refractivity contribution in [2.24, 2.45) is 0 Å². The first-order valence-electron chi connectivity index (χ1n) is 11.7. The molecule has 10 heteroatoms. The SMILES string of the molecule is O=C(C=Cc1cnc(NC2CCN(C(=O)c3cccc(Cl)c3)CC2)c(Cl)c1)NOC1CCCCO1. The lowest BCUT2D eigenvalue weighted by molar-refractivity contribution is -0.198. The molecule has 2 fully saturated rings. The summed E-state index contributed by atoms with van der Waals surface area (Å²) in [7, 11) is 0. The van der Waals surface area contributed by atoms with Crippen LogP contribution in [-0.4, -0.2) is 53.7 Å². The number of carbonyl (C=O) groups is 2. The lowest BCUT2D eigenvalue weighted by Gasteiger charge is -2.33. The van der Waals surface area contributed by atoms with Crippen LogP contribution in [0.2, 0.25) is 10.0 Å². The van der Waals surface area contributed by atoms with Crippen LogP contribution in [0.4, 0.5) is 5.82 Å². The van der Waals surface area contributed by atoms with Crippen LogP contribution in [0.5, 0.6) is 0 Å². The Bertz CT molecular complexity index is 1070. The number of pyridine rings is 1. The zero-order valence-corrected chi connectivity index (χ0v) is 20.7. The highest BCUT2D eigenvalue weighted by atomic mass is 35.5. The van der Waals surface area contributed by atoms with E-state index >= 15 is 0 Å². The number of benzene rings is 1. The Morgan fingerprint density at radius 3 is 2.69 bits per heavy atom. The Hall–Kier alpha value is -2.65. The van der Waals surface area contributed by atoms with Gasteiger partial charge in [0.25, 0.3) is 11.8 Å². The molecule has 1 atom stereocenters. The molecule has 0 spiro atoms. The van der Waals surface area contributed by atoms with Gasteiger partial charge in [-0.05, 0) is 61.6 Å². The number of aromatic nitrogens is 1. The monoisotopic (exact) mass is 518 g/mol. The summed E-state index contributed by atoms with van der Waals surface area (Å²) >= 11 is 12.4. The van der Waals surface area contributed by atoms with Crippen LogP contribution in [0, 0.1) is 0 Å². The zero-order valence-electron chi connectivity index (χ0n) is 19.2. The fourth-order valence-corrected chi connectivity index (χ4v) is 4.43. The standard InChI is InChI=1S/C25H28Cl2N4O4/c26-19-5-3-4-18(15-19)25(33)31-11-9-20(10-12-31)29-24-21(27)14-17(16-28-24)7-8-22(32)30-35-23-6-1-2-13-34-23/h3-5,7-8,14-16,20,23H,1-2,6,9-13H2,(H,28,29)(H,30,32). The number of hydroxylamine groups is 1. The van der Waals surface area contributed by atoms with E-state index in [0.29, 0.717) is 46.7 Å². The van der Waals surface area contributed by atoms with Crippen molar-refractivity contribution >= 4 is 46.9 Å². The van der Waals surface area contributed by atoms with Crippen LogP contribution in [0.1, 0.15) is 48.0 Å². The van der Waals surface area contributed by atoms with Gasteiger partial charge in [-0.1, -0.05) is 29.3 Å². The van der Waals surface area contributed by atoms with Gasteiger partial charge in [-0.2, -0.15) is 0 Å². The van der Waals surface area contributed by atoms with Gasteiger partial charge in [-0.3, -0.25) is 9.59 Å². The zero-order chi connectivity index (χ0) is 24.6. The first-order valence-corrected chi connectivity index (χ1v) is 12.5. The second-order valence-electron chi connectivity index (χ2n) is 8.53. The molecule has 1 unspecified atom stereocenters. The highest BCUT2D eigenvalue weighted by Crippen LogP contribution is 2.24. The lowest BCUT2D eigenvalue weighted by atomic mass is 10.0. The van der Waals surface area contributed by atoms with Gasteiger partial charge in [0.15, 0.2) is 6.29 Å². The number of hydrogen-bond acceptors (Lipinski definition) is 6. The number of nitrogens with one attached hydrogen (secondary N) is 2. The highest BCUT2D eigenvalue weighted by molar-refractivity contribution is 6.33. The number of hydrogen-bond donors (Lipinski definition) is 2. The summed E-state index contributed by atoms with van der Waals surface area (Å²) in [4.78, 5) is 36.2. The maximum atomic E-state index is 12.7. The molecule has 0 saturated carbocycles. The summed E-state index contributed by atoms with van der Waals surface area (Å²) in [6.45, 7) is 1.90. The molecule has 0 aliphatic carbocycles. The van der Waals surface area contributed by atoms with Gasteiger partial charge >= 0.3 is 0 Å². The average molecular weight is 519 g/mol. The number of piperidine rings is 1. The van der Waals surface area contributed by atoms with Crippen LogP contribution >= 0.6 is 23.2 Å². The predicted octanol–water partition coefficient (Wildman–Crippen LogP) is 4.69. The van der Waals surface area contributed by atoms with E-state index in [0.717, 1.165) is 32.1 Å². The molecule has 3 heterocycles. The van der Waals surface area contributed by atoms with Crippen molar-refractivity contribution in [3.8, 4) is 0 Å². The molecule has 2 saturated heterocycles. The second kappa shape index (κ2) is 12.4. The largest absolute Gasteiger partial charge is 0.366 e. The summed E-state index contributed by atoms with van der Waals surface area (Å²) in [5.74, 6) is 0.168. The van der Waals surface area contributed by atoms with Crippen molar-refractivity contribution in [3.05, 3.63) is 63.8 Å². The van der Waals surface area contributed by atoms with E-state index in [4.69, 9.17) is 32.8 Å². The molecule has 8 nitrogen and oxygen atoms in total. The molecule has 186 valence electrons. The smallest absolute Gasteiger partial charge is 0.267 e. The first-order chi connectivity index (χ1) is 17.0. The molecule has 2 amide bonds. The fourth-order valence-electron chi connectivity index (χ4n) is 4.01. The Labute approximate surface area is 214 Å². The van der Waals surface area contributed by atoms with E-state index in [-0.39, 0.29) is 11.9 Å². The average Bonchev–Trinajstić information content (AvgIpc) is 2.88. The van der Waals surface area contributed by atoms with E-state index in [9.17, 15) is 9.59 Å². The van der Waals surface area contributed by atoms with Gasteiger partial charge in [0.05, 0.1) is 5.02 Å². The summed E-state index contributed by atoms with van der Waals surface area (Å²) in [5.41, 5.74) is 3.66. The molecule has 2 aliphatic heterocycles. The molecule has 1 aromatic heterocycles. The fraction of sp³-hybridized carbons (Fsp3) is 0.400. The van der Waals surface area contributed by atoms with Gasteiger partial charge < -0.3 is 15.0 Å². The molecule has 0 bridgehead atoms. The molecule has 1 aromatic carbocycles. The number of amides is 2. The van der Waals surface area contributed by atoms with E-state index in [2.05, 4.69) is 15.8 Å². The minimum Gasteiger partial charge on any atom is -0.366 e. The molecule has 2 aliphatic rings. The third-order valence-corrected chi connectivity index (χ3v) is 6.44. The van der Waals surface area contributed by atoms with Crippen molar-refractivity contribution in [2.75, 3.05) is 25.0 Å². The first kappa shape index (κ1) is 25.4. The number of carbonyl (C=O) groups excluding carboxylic acids is 2. The Balaban J connectivity index is 1.24. The van der Waals surface area contributed by atoms with Crippen LogP contribution in [-0.2, 0) is 14.4 Å². The van der Waals surface area contributed by atoms with Gasteiger partial charge in [0.2, 0.25) is 0 Å². The van der Waals surface area contributed by atoms with Gasteiger partial charge in [0, 0.05) is 55.0 Å². The quantitative estimate of drug-likeness (QED) is 0.407. The predicted molar refractivity (Wildman–Crippen MR) is 135 cm³/mol. The Morgan fingerprint density at radius 2 is 1.97 bits per heavy atom. The van der Waals surface area contributed by atoms with Crippen LogP contribution in [0.3, 0.4) is 0 Å². The minimum atomic E-state index is -0.399. The number of likely N-dealkylation sites (tertiary alicyclic amines) is 1. The van der Waals surface area contributed by atoms with Gasteiger partial charge in [-0.25, -0.2) is 15.3 Å². The Morgan fingerprint density at radius 1 is 1.14 bits per heavy atom. The molecule has 2 aromatic rings. The number of rotatable bonds is 7. The topological polar surface area (TPSA) is 92.8 Å². The van der Waals surface area contributed by atoms with Crippen molar-refractivity contribution in [2.45, 2.75) is 44.4 Å². The van der Waals surface area contributed by atoms with E-state index in [1.165, 1.54) is 6.08 Å². The third kappa shape index (κ3) is 7.41. The lowest BCUT2D eigenvalue weighted by Crippen LogP contribution is -2.42. The van der Waals surface area contributed by atoms with Crippen LogP contribution in [0.25, 0.3) is 6.08 Å². The number of nitrogens with zero attached hydrogens (tertiary/aromatic N) is 2. The van der Waals surface area contributed by atoms with Crippen molar-refractivity contribution in [1.82, 2.24) is 15.4 Å².